The van der Waals surface area contributed by atoms with E-state index in [9.17, 15) is 4.79 Å². The maximum Gasteiger partial charge on any atom is 0.344 e. The highest BCUT2D eigenvalue weighted by Gasteiger charge is 2.47. The van der Waals surface area contributed by atoms with Gasteiger partial charge in [0.1, 0.15) is 12.4 Å². The number of amides is 2. The number of urea groups is 1. The molecule has 6 nitrogen and oxygen atoms in total. The molecule has 4 rings (SSSR count). The summed E-state index contributed by atoms with van der Waals surface area (Å²) in [6.45, 7) is 1.09. The number of carbonyl (C=O) groups is 1. The van der Waals surface area contributed by atoms with Gasteiger partial charge in [-0.2, -0.15) is 5.06 Å². The van der Waals surface area contributed by atoms with Gasteiger partial charge in [-0.25, -0.2) is 4.79 Å². The average Bonchev–Trinajstić information content (AvgIpc) is 3.35. The van der Waals surface area contributed by atoms with Crippen molar-refractivity contribution in [3.05, 3.63) is 35.9 Å². The van der Waals surface area contributed by atoms with Crippen LogP contribution in [0, 0.1) is 0 Å². The Balaban J connectivity index is 1.42. The lowest BCUT2D eigenvalue weighted by molar-refractivity contribution is -0.140. The van der Waals surface area contributed by atoms with Crippen molar-refractivity contribution in [2.24, 2.45) is 10.7 Å². The standard InChI is InChI=1S/C17H22N4O2/c18-16(19-13-6-7-13)15-9-8-14-10-20(15)17(22)21(14)23-11-12-4-2-1-3-5-12/h1-5,13-15H,6-11H2,(H2,18,19)/t14-,15+/m1/s1. The molecule has 0 spiro atoms. The van der Waals surface area contributed by atoms with E-state index >= 15 is 0 Å². The molecule has 23 heavy (non-hydrogen) atoms. The lowest BCUT2D eigenvalue weighted by Crippen LogP contribution is -2.48. The minimum absolute atomic E-state index is 0.0651. The summed E-state index contributed by atoms with van der Waals surface area (Å²) in [7, 11) is 0. The maximum absolute atomic E-state index is 12.6. The van der Waals surface area contributed by atoms with Crippen LogP contribution in [-0.2, 0) is 11.4 Å². The zero-order valence-corrected chi connectivity index (χ0v) is 13.1. The van der Waals surface area contributed by atoms with Gasteiger partial charge < -0.3 is 10.6 Å². The molecule has 3 aliphatic rings. The lowest BCUT2D eigenvalue weighted by Gasteiger charge is -2.29. The van der Waals surface area contributed by atoms with Crippen LogP contribution in [0.2, 0.25) is 0 Å². The number of aliphatic imine (C=N–C) groups is 1. The van der Waals surface area contributed by atoms with Gasteiger partial charge in [0.2, 0.25) is 0 Å². The van der Waals surface area contributed by atoms with Gasteiger partial charge in [0.25, 0.3) is 0 Å². The zero-order valence-electron chi connectivity index (χ0n) is 13.1. The molecule has 2 atom stereocenters. The van der Waals surface area contributed by atoms with Crippen molar-refractivity contribution >= 4 is 11.9 Å². The second kappa shape index (κ2) is 5.85. The molecule has 2 heterocycles. The Morgan fingerprint density at radius 1 is 1.22 bits per heavy atom. The van der Waals surface area contributed by atoms with E-state index < -0.39 is 0 Å². The molecular weight excluding hydrogens is 292 g/mol. The van der Waals surface area contributed by atoms with E-state index in [1.54, 1.807) is 0 Å². The van der Waals surface area contributed by atoms with Crippen LogP contribution in [0.4, 0.5) is 4.79 Å². The topological polar surface area (TPSA) is 71.2 Å². The molecule has 2 bridgehead atoms. The number of rotatable bonds is 5. The predicted molar refractivity (Wildman–Crippen MR) is 86.6 cm³/mol. The molecule has 1 saturated carbocycles. The Labute approximate surface area is 135 Å². The van der Waals surface area contributed by atoms with E-state index in [-0.39, 0.29) is 18.1 Å². The Hall–Kier alpha value is -2.08. The fourth-order valence-electron chi connectivity index (χ4n) is 3.32. The molecule has 1 aliphatic carbocycles. The van der Waals surface area contributed by atoms with Crippen molar-refractivity contribution in [2.75, 3.05) is 6.54 Å². The summed E-state index contributed by atoms with van der Waals surface area (Å²) in [5.74, 6) is 0.615. The van der Waals surface area contributed by atoms with Crippen LogP contribution < -0.4 is 5.73 Å². The predicted octanol–water partition coefficient (Wildman–Crippen LogP) is 1.91. The number of nitrogens with two attached hydrogens (primary N) is 1. The summed E-state index contributed by atoms with van der Waals surface area (Å²) in [6, 6.07) is 10.3. The third kappa shape index (κ3) is 2.91. The highest BCUT2D eigenvalue weighted by Crippen LogP contribution is 2.31. The van der Waals surface area contributed by atoms with Gasteiger partial charge in [-0.15, -0.1) is 0 Å². The van der Waals surface area contributed by atoms with Crippen molar-refractivity contribution in [1.29, 1.82) is 0 Å². The Morgan fingerprint density at radius 2 is 2.00 bits per heavy atom. The Bertz CT molecular complexity index is 614. The van der Waals surface area contributed by atoms with Crippen LogP contribution in [-0.4, -0.2) is 46.5 Å². The first kappa shape index (κ1) is 14.5. The van der Waals surface area contributed by atoms with E-state index in [2.05, 4.69) is 4.99 Å². The van der Waals surface area contributed by atoms with Gasteiger partial charge in [0.05, 0.1) is 18.1 Å². The molecule has 2 amide bonds. The van der Waals surface area contributed by atoms with Crippen LogP contribution in [0.25, 0.3) is 0 Å². The lowest BCUT2D eigenvalue weighted by atomic mass is 10.0. The third-order valence-electron chi connectivity index (χ3n) is 4.76. The van der Waals surface area contributed by atoms with Crippen molar-refractivity contribution in [3.63, 3.8) is 0 Å². The number of nitrogens with zero attached hydrogens (tertiary/aromatic N) is 3. The number of amidine groups is 1. The van der Waals surface area contributed by atoms with E-state index in [1.165, 1.54) is 5.06 Å². The third-order valence-corrected chi connectivity index (χ3v) is 4.76. The van der Waals surface area contributed by atoms with Crippen LogP contribution in [0.1, 0.15) is 31.2 Å². The van der Waals surface area contributed by atoms with Gasteiger partial charge >= 0.3 is 6.03 Å². The van der Waals surface area contributed by atoms with Gasteiger partial charge in [0, 0.05) is 6.54 Å². The summed E-state index contributed by atoms with van der Waals surface area (Å²) in [5.41, 5.74) is 7.20. The highest BCUT2D eigenvalue weighted by atomic mass is 16.7. The molecule has 2 N–H and O–H groups in total. The molecule has 3 fully saturated rings. The van der Waals surface area contributed by atoms with Crippen LogP contribution in [0.5, 0.6) is 0 Å². The monoisotopic (exact) mass is 314 g/mol. The molecule has 2 saturated heterocycles. The Kier molecular flexibility index (Phi) is 3.69. The average molecular weight is 314 g/mol. The molecule has 1 aromatic rings. The van der Waals surface area contributed by atoms with Gasteiger partial charge in [-0.05, 0) is 31.2 Å². The van der Waals surface area contributed by atoms with E-state index in [4.69, 9.17) is 10.6 Å². The van der Waals surface area contributed by atoms with Crippen molar-refractivity contribution in [2.45, 2.75) is 50.4 Å². The van der Waals surface area contributed by atoms with Crippen LogP contribution >= 0.6 is 0 Å². The van der Waals surface area contributed by atoms with Crippen LogP contribution in [0.15, 0.2) is 35.3 Å². The quantitative estimate of drug-likeness (QED) is 0.666. The summed E-state index contributed by atoms with van der Waals surface area (Å²) in [6.07, 6.45) is 4.01. The minimum atomic E-state index is -0.0811. The van der Waals surface area contributed by atoms with E-state index in [1.807, 2.05) is 35.2 Å². The first-order valence-electron chi connectivity index (χ1n) is 8.32. The zero-order chi connectivity index (χ0) is 15.8. The second-order valence-electron chi connectivity index (χ2n) is 6.55. The number of benzene rings is 1. The maximum atomic E-state index is 12.6. The fourth-order valence-corrected chi connectivity index (χ4v) is 3.32. The number of hydroxylamine groups is 2. The van der Waals surface area contributed by atoms with Crippen LogP contribution in [0.3, 0.4) is 0 Å². The number of piperidine rings is 1. The number of hydrogen-bond acceptors (Lipinski definition) is 3. The number of carbonyl (C=O) groups excluding carboxylic acids is 1. The summed E-state index contributed by atoms with van der Waals surface area (Å²) in [4.78, 5) is 24.8. The first-order chi connectivity index (χ1) is 11.2. The molecule has 0 aromatic heterocycles. The largest absolute Gasteiger partial charge is 0.386 e. The Morgan fingerprint density at radius 3 is 2.74 bits per heavy atom. The van der Waals surface area contributed by atoms with E-state index in [0.29, 0.717) is 25.0 Å². The summed E-state index contributed by atoms with van der Waals surface area (Å²) < 4.78 is 0. The van der Waals surface area contributed by atoms with Crippen molar-refractivity contribution < 1.29 is 9.63 Å². The second-order valence-corrected chi connectivity index (χ2v) is 6.55. The molecule has 0 unspecified atom stereocenters. The number of hydrogen-bond donors (Lipinski definition) is 1. The molecule has 0 radical (unpaired) electrons. The van der Waals surface area contributed by atoms with Gasteiger partial charge in [0.15, 0.2) is 0 Å². The normalized spacial score (nSPS) is 27.7. The van der Waals surface area contributed by atoms with Crippen molar-refractivity contribution in [3.8, 4) is 0 Å². The number of fused-ring (bicyclic) bond motifs is 2. The fraction of sp³-hybridized carbons (Fsp3) is 0.529. The van der Waals surface area contributed by atoms with Crippen molar-refractivity contribution in [1.82, 2.24) is 9.96 Å². The molecule has 6 heteroatoms. The summed E-state index contributed by atoms with van der Waals surface area (Å²) in [5, 5.41) is 1.54. The molecule has 2 aliphatic heterocycles. The first-order valence-corrected chi connectivity index (χ1v) is 8.32. The van der Waals surface area contributed by atoms with Gasteiger partial charge in [-0.3, -0.25) is 9.83 Å². The van der Waals surface area contributed by atoms with Gasteiger partial charge in [-0.1, -0.05) is 30.3 Å². The molecule has 1 aromatic carbocycles. The SMILES string of the molecule is NC(=NC1CC1)[C@@H]1CC[C@@H]2CN1C(=O)N2OCc1ccccc1. The highest BCUT2D eigenvalue weighted by molar-refractivity contribution is 5.91. The van der Waals surface area contributed by atoms with E-state index in [0.717, 1.165) is 31.2 Å². The molecular formula is C17H22N4O2. The molecule has 122 valence electrons. The summed E-state index contributed by atoms with van der Waals surface area (Å²) >= 11 is 0. The smallest absolute Gasteiger partial charge is 0.344 e. The minimum Gasteiger partial charge on any atom is -0.386 e.